The third-order valence-corrected chi connectivity index (χ3v) is 3.49. The molecule has 0 bridgehead atoms. The number of phenols is 3. The molecular weight excluding hydrogens is 284 g/mol. The number of carboxylic acids is 1. The van der Waals surface area contributed by atoms with Crippen LogP contribution < -0.4 is 5.63 Å². The highest BCUT2D eigenvalue weighted by atomic mass is 16.4. The van der Waals surface area contributed by atoms with Gasteiger partial charge in [-0.3, -0.25) is 9.59 Å². The molecule has 21 heavy (non-hydrogen) atoms. The smallest absolute Gasteiger partial charge is 0.344 e. The number of hydrogen-bond acceptors (Lipinski definition) is 7. The summed E-state index contributed by atoms with van der Waals surface area (Å²) >= 11 is 0. The molecule has 0 fully saturated rings. The lowest BCUT2D eigenvalue weighted by Crippen LogP contribution is -2.19. The number of ketones is 1. The van der Waals surface area contributed by atoms with Gasteiger partial charge < -0.3 is 24.8 Å². The average Bonchev–Trinajstić information content (AvgIpc) is 2.74. The van der Waals surface area contributed by atoms with Crippen molar-refractivity contribution >= 4 is 22.5 Å². The van der Waals surface area contributed by atoms with Crippen molar-refractivity contribution in [1.29, 1.82) is 0 Å². The van der Waals surface area contributed by atoms with Crippen LogP contribution in [0.5, 0.6) is 17.2 Å². The van der Waals surface area contributed by atoms with Gasteiger partial charge in [0.25, 0.3) is 0 Å². The Balaban J connectivity index is 2.45. The van der Waals surface area contributed by atoms with Gasteiger partial charge in [-0.1, -0.05) is 0 Å². The molecule has 8 nitrogen and oxygen atoms in total. The molecule has 1 aliphatic rings. The monoisotopic (exact) mass is 292 g/mol. The maximum Gasteiger partial charge on any atom is 0.344 e. The van der Waals surface area contributed by atoms with Crippen LogP contribution in [0.25, 0.3) is 10.8 Å². The number of hydrogen-bond donors (Lipinski definition) is 4. The summed E-state index contributed by atoms with van der Waals surface area (Å²) < 4.78 is 4.80. The second kappa shape index (κ2) is 3.98. The topological polar surface area (TPSA) is 145 Å². The molecule has 0 spiro atoms. The zero-order chi connectivity index (χ0) is 15.5. The van der Waals surface area contributed by atoms with Gasteiger partial charge >= 0.3 is 11.6 Å². The summed E-state index contributed by atoms with van der Waals surface area (Å²) in [5, 5.41) is 37.4. The second-order valence-corrected chi connectivity index (χ2v) is 4.67. The van der Waals surface area contributed by atoms with Gasteiger partial charge in [-0.15, -0.1) is 0 Å². The molecule has 1 aromatic carbocycles. The molecule has 3 rings (SSSR count). The van der Waals surface area contributed by atoms with Crippen molar-refractivity contribution in [2.75, 3.05) is 0 Å². The first-order chi connectivity index (χ1) is 9.82. The molecule has 4 N–H and O–H groups in total. The van der Waals surface area contributed by atoms with Gasteiger partial charge in [-0.2, -0.15) is 0 Å². The van der Waals surface area contributed by atoms with Crippen LogP contribution in [0.2, 0.25) is 0 Å². The predicted octanol–water partition coefficient (Wildman–Crippen LogP) is 0.349. The van der Waals surface area contributed by atoms with Crippen molar-refractivity contribution in [2.45, 2.75) is 6.42 Å². The Morgan fingerprint density at radius 3 is 2.48 bits per heavy atom. The minimum absolute atomic E-state index is 0.0230. The number of aromatic hydroxyl groups is 3. The average molecular weight is 292 g/mol. The van der Waals surface area contributed by atoms with Crippen LogP contribution in [-0.2, 0) is 11.2 Å². The molecule has 0 aliphatic heterocycles. The molecule has 1 heterocycles. The third kappa shape index (κ3) is 1.59. The van der Waals surface area contributed by atoms with Crippen molar-refractivity contribution in [2.24, 2.45) is 5.92 Å². The van der Waals surface area contributed by atoms with E-state index in [1.807, 2.05) is 0 Å². The predicted molar refractivity (Wildman–Crippen MR) is 66.6 cm³/mol. The van der Waals surface area contributed by atoms with Crippen LogP contribution in [0.15, 0.2) is 15.3 Å². The summed E-state index contributed by atoms with van der Waals surface area (Å²) in [5.41, 5.74) is -0.997. The van der Waals surface area contributed by atoms with Crippen LogP contribution in [0.1, 0.15) is 16.1 Å². The summed E-state index contributed by atoms with van der Waals surface area (Å²) in [6, 6.07) is 0.884. The highest BCUT2D eigenvalue weighted by Crippen LogP contribution is 2.44. The van der Waals surface area contributed by atoms with E-state index in [9.17, 15) is 29.7 Å². The zero-order valence-electron chi connectivity index (χ0n) is 10.3. The maximum atomic E-state index is 11.9. The van der Waals surface area contributed by atoms with Crippen molar-refractivity contribution in [3.8, 4) is 17.2 Å². The SMILES string of the molecule is O=C(O)[C@@H]1Cc2c(oc(=O)c3cc(O)c(O)c(O)c23)C1=O. The molecule has 1 aromatic heterocycles. The van der Waals surface area contributed by atoms with Gasteiger partial charge in [0, 0.05) is 10.9 Å². The molecule has 0 unspecified atom stereocenters. The van der Waals surface area contributed by atoms with Gasteiger partial charge in [-0.05, 0) is 12.5 Å². The molecule has 108 valence electrons. The number of carbonyl (C=O) groups excluding carboxylic acids is 1. The Morgan fingerprint density at radius 2 is 1.86 bits per heavy atom. The Bertz CT molecular complexity index is 876. The number of aliphatic carboxylic acids is 1. The molecule has 1 aliphatic carbocycles. The van der Waals surface area contributed by atoms with E-state index < -0.39 is 46.3 Å². The summed E-state index contributed by atoms with van der Waals surface area (Å²) in [4.78, 5) is 34.7. The summed E-state index contributed by atoms with van der Waals surface area (Å²) in [7, 11) is 0. The Morgan fingerprint density at radius 1 is 1.19 bits per heavy atom. The van der Waals surface area contributed by atoms with E-state index in [1.165, 1.54) is 0 Å². The number of rotatable bonds is 1. The van der Waals surface area contributed by atoms with E-state index in [-0.39, 0.29) is 22.8 Å². The Hall–Kier alpha value is -3.03. The molecule has 0 radical (unpaired) electrons. The van der Waals surface area contributed by atoms with Crippen molar-refractivity contribution < 1.29 is 34.4 Å². The molecule has 1 atom stereocenters. The summed E-state index contributed by atoms with van der Waals surface area (Å²) in [6.07, 6.45) is -0.276. The first kappa shape index (κ1) is 13.0. The quantitative estimate of drug-likeness (QED) is 0.435. The highest BCUT2D eigenvalue weighted by Gasteiger charge is 2.40. The molecule has 8 heteroatoms. The fraction of sp³-hybridized carbons (Fsp3) is 0.154. The van der Waals surface area contributed by atoms with Crippen LogP contribution in [0, 0.1) is 5.92 Å². The Labute approximate surface area is 115 Å². The molecule has 0 amide bonds. The first-order valence-electron chi connectivity index (χ1n) is 5.83. The molecule has 0 saturated heterocycles. The molecule has 2 aromatic rings. The first-order valence-corrected chi connectivity index (χ1v) is 5.83. The van der Waals surface area contributed by atoms with Crippen LogP contribution in [0.4, 0.5) is 0 Å². The summed E-state index contributed by atoms with van der Waals surface area (Å²) in [6.45, 7) is 0. The van der Waals surface area contributed by atoms with Crippen LogP contribution in [-0.4, -0.2) is 32.2 Å². The second-order valence-electron chi connectivity index (χ2n) is 4.67. The largest absolute Gasteiger partial charge is 0.504 e. The lowest BCUT2D eigenvalue weighted by molar-refractivity contribution is -0.139. The van der Waals surface area contributed by atoms with Gasteiger partial charge in [0.15, 0.2) is 17.3 Å². The fourth-order valence-electron chi connectivity index (χ4n) is 2.48. The van der Waals surface area contributed by atoms with E-state index in [4.69, 9.17) is 9.52 Å². The van der Waals surface area contributed by atoms with Crippen molar-refractivity contribution in [3.05, 3.63) is 27.8 Å². The Kier molecular flexibility index (Phi) is 2.46. The van der Waals surface area contributed by atoms with Gasteiger partial charge in [0.05, 0.1) is 5.39 Å². The lowest BCUT2D eigenvalue weighted by Gasteiger charge is -2.08. The van der Waals surface area contributed by atoms with E-state index in [0.717, 1.165) is 6.07 Å². The minimum atomic E-state index is -1.41. The van der Waals surface area contributed by atoms with Crippen molar-refractivity contribution in [1.82, 2.24) is 0 Å². The number of benzene rings is 1. The van der Waals surface area contributed by atoms with Gasteiger partial charge in [0.2, 0.25) is 11.5 Å². The third-order valence-electron chi connectivity index (χ3n) is 3.49. The van der Waals surface area contributed by atoms with Gasteiger partial charge in [-0.25, -0.2) is 4.79 Å². The summed E-state index contributed by atoms with van der Waals surface area (Å²) in [5.74, 6) is -6.50. The van der Waals surface area contributed by atoms with E-state index >= 15 is 0 Å². The maximum absolute atomic E-state index is 11.9. The number of phenolic OH excluding ortho intramolecular Hbond substituents is 3. The molecule has 0 saturated carbocycles. The highest BCUT2D eigenvalue weighted by molar-refractivity contribution is 6.13. The number of fused-ring (bicyclic) bond motifs is 3. The number of carboxylic acid groups (broad SMARTS) is 1. The minimum Gasteiger partial charge on any atom is -0.504 e. The lowest BCUT2D eigenvalue weighted by atomic mass is 10.0. The van der Waals surface area contributed by atoms with Crippen LogP contribution in [0.3, 0.4) is 0 Å². The van der Waals surface area contributed by atoms with Crippen LogP contribution >= 0.6 is 0 Å². The number of carbonyl (C=O) groups is 2. The fourth-order valence-corrected chi connectivity index (χ4v) is 2.48. The zero-order valence-corrected chi connectivity index (χ0v) is 10.3. The van der Waals surface area contributed by atoms with E-state index in [1.54, 1.807) is 0 Å². The van der Waals surface area contributed by atoms with Crippen molar-refractivity contribution in [3.63, 3.8) is 0 Å². The van der Waals surface area contributed by atoms with E-state index in [2.05, 4.69) is 0 Å². The normalized spacial score (nSPS) is 17.1. The van der Waals surface area contributed by atoms with E-state index in [0.29, 0.717) is 0 Å². The number of Topliss-reactive ketones (excluding diaryl/α,β-unsaturated/α-hetero) is 1. The van der Waals surface area contributed by atoms with Gasteiger partial charge in [0.1, 0.15) is 5.92 Å². The molecular formula is C13H8O8. The standard InChI is InChI=1S/C13H8O8/c14-6-2-4-7(10(17)9(6)16)3-1-5(12(18)19)8(15)11(3)21-13(4)20/h2,5,14,16-17H,1H2,(H,18,19)/t5-/m1/s1.